The van der Waals surface area contributed by atoms with Crippen LogP contribution in [0.5, 0.6) is 0 Å². The van der Waals surface area contributed by atoms with E-state index in [-0.39, 0.29) is 12.1 Å². The van der Waals surface area contributed by atoms with Crippen LogP contribution in [0.15, 0.2) is 30.3 Å². The highest BCUT2D eigenvalue weighted by Crippen LogP contribution is 2.43. The number of nitrogens with zero attached hydrogens (tertiary/aromatic N) is 4. The van der Waals surface area contributed by atoms with E-state index < -0.39 is 6.09 Å². The van der Waals surface area contributed by atoms with Gasteiger partial charge in [0.05, 0.1) is 32.5 Å². The van der Waals surface area contributed by atoms with E-state index in [1.165, 1.54) is 32.8 Å². The van der Waals surface area contributed by atoms with Gasteiger partial charge in [0.2, 0.25) is 0 Å². The fraction of sp³-hybridized carbons (Fsp3) is 0.593. The maximum absolute atomic E-state index is 12.0. The molecule has 0 saturated carbocycles. The number of imidazole rings is 1. The molecule has 2 bridgehead atoms. The van der Waals surface area contributed by atoms with Crippen molar-refractivity contribution >= 4 is 12.2 Å². The standard InChI is InChI=1S/C27H37N5O4/c1-18-28-24-17-30(27(34)36-3)13-12-25(24)32(18)22-15-20-9-10-21(16-22)31(20)14-11-23(29-26(33)35-2)19-7-5-4-6-8-19/h4-8,20-23H,9-17H2,1-3H3,(H,29,33)/t20-,21+,22?,23-/m0/s1. The van der Waals surface area contributed by atoms with E-state index in [1.807, 2.05) is 18.2 Å². The molecule has 3 aliphatic heterocycles. The Hall–Kier alpha value is -3.07. The third kappa shape index (κ3) is 4.81. The number of nitrogens with one attached hydrogen (secondary N) is 1. The SMILES string of the molecule is COC(=O)N[C@@H](CCN1[C@@H]2CC[C@H]1CC(n1c(C)nc3c1CCN(C(=O)OC)C3)C2)c1ccccc1. The summed E-state index contributed by atoms with van der Waals surface area (Å²) >= 11 is 0. The number of methoxy groups -OCH3 is 2. The molecule has 0 spiro atoms. The molecule has 36 heavy (non-hydrogen) atoms. The minimum absolute atomic E-state index is 0.0727. The summed E-state index contributed by atoms with van der Waals surface area (Å²) in [6, 6.07) is 11.6. The molecule has 4 atom stereocenters. The quantitative estimate of drug-likeness (QED) is 0.652. The van der Waals surface area contributed by atoms with E-state index in [0.29, 0.717) is 31.2 Å². The molecular weight excluding hydrogens is 458 g/mol. The molecule has 0 radical (unpaired) electrons. The average molecular weight is 496 g/mol. The molecule has 1 aromatic carbocycles. The van der Waals surface area contributed by atoms with E-state index in [2.05, 4.69) is 33.8 Å². The predicted molar refractivity (Wildman–Crippen MR) is 135 cm³/mol. The first-order valence-electron chi connectivity index (χ1n) is 13.0. The number of alkyl carbamates (subject to hydrolysis) is 1. The summed E-state index contributed by atoms with van der Waals surface area (Å²) in [6.45, 7) is 4.24. The van der Waals surface area contributed by atoms with Crippen molar-refractivity contribution in [3.05, 3.63) is 53.1 Å². The fourth-order valence-electron chi connectivity index (χ4n) is 6.62. The summed E-state index contributed by atoms with van der Waals surface area (Å²) in [4.78, 5) is 33.3. The Morgan fingerprint density at radius 3 is 2.47 bits per heavy atom. The molecule has 4 heterocycles. The molecule has 5 rings (SSSR count). The highest BCUT2D eigenvalue weighted by molar-refractivity contribution is 5.68. The van der Waals surface area contributed by atoms with Gasteiger partial charge in [-0.05, 0) is 44.6 Å². The first-order valence-corrected chi connectivity index (χ1v) is 13.0. The molecule has 9 nitrogen and oxygen atoms in total. The van der Waals surface area contributed by atoms with Gasteiger partial charge in [0.1, 0.15) is 5.82 Å². The molecule has 9 heteroatoms. The zero-order chi connectivity index (χ0) is 25.2. The van der Waals surface area contributed by atoms with Crippen molar-refractivity contribution in [3.63, 3.8) is 0 Å². The van der Waals surface area contributed by atoms with Gasteiger partial charge in [-0.15, -0.1) is 0 Å². The fourth-order valence-corrected chi connectivity index (χ4v) is 6.62. The van der Waals surface area contributed by atoms with Crippen molar-refractivity contribution in [3.8, 4) is 0 Å². The summed E-state index contributed by atoms with van der Waals surface area (Å²) in [5, 5.41) is 3.02. The van der Waals surface area contributed by atoms with Crippen LogP contribution in [0.2, 0.25) is 0 Å². The third-order valence-corrected chi connectivity index (χ3v) is 8.24. The molecule has 2 saturated heterocycles. The van der Waals surface area contributed by atoms with E-state index in [0.717, 1.165) is 49.3 Å². The summed E-state index contributed by atoms with van der Waals surface area (Å²) in [5.74, 6) is 1.05. The van der Waals surface area contributed by atoms with Crippen LogP contribution in [0.25, 0.3) is 0 Å². The van der Waals surface area contributed by atoms with E-state index in [9.17, 15) is 9.59 Å². The lowest BCUT2D eigenvalue weighted by Gasteiger charge is -2.41. The molecule has 1 N–H and O–H groups in total. The Labute approximate surface area is 212 Å². The number of ether oxygens (including phenoxy) is 2. The molecule has 3 aliphatic rings. The number of carbonyl (C=O) groups excluding carboxylic acids is 2. The zero-order valence-electron chi connectivity index (χ0n) is 21.5. The first kappa shape index (κ1) is 24.6. The topological polar surface area (TPSA) is 88.9 Å². The van der Waals surface area contributed by atoms with Crippen LogP contribution < -0.4 is 5.32 Å². The van der Waals surface area contributed by atoms with Crippen LogP contribution in [-0.2, 0) is 22.4 Å². The highest BCUT2D eigenvalue weighted by atomic mass is 16.5. The van der Waals surface area contributed by atoms with Crippen LogP contribution in [0, 0.1) is 6.92 Å². The summed E-state index contributed by atoms with van der Waals surface area (Å²) in [5.41, 5.74) is 3.40. The lowest BCUT2D eigenvalue weighted by molar-refractivity contribution is 0.0981. The van der Waals surface area contributed by atoms with Gasteiger partial charge in [-0.1, -0.05) is 30.3 Å². The Kier molecular flexibility index (Phi) is 7.18. The molecule has 194 valence electrons. The van der Waals surface area contributed by atoms with Gasteiger partial charge in [-0.25, -0.2) is 14.6 Å². The number of fused-ring (bicyclic) bond motifs is 3. The van der Waals surface area contributed by atoms with Gasteiger partial charge >= 0.3 is 12.2 Å². The predicted octanol–water partition coefficient (Wildman–Crippen LogP) is 3.97. The second-order valence-electron chi connectivity index (χ2n) is 10.2. The molecule has 0 aliphatic carbocycles. The van der Waals surface area contributed by atoms with Gasteiger partial charge < -0.3 is 24.3 Å². The minimum atomic E-state index is -0.392. The van der Waals surface area contributed by atoms with E-state index in [1.54, 1.807) is 4.90 Å². The maximum Gasteiger partial charge on any atom is 0.409 e. The number of carbonyl (C=O) groups is 2. The molecular formula is C27H37N5O4. The van der Waals surface area contributed by atoms with Gasteiger partial charge in [0.15, 0.2) is 0 Å². The second kappa shape index (κ2) is 10.5. The second-order valence-corrected chi connectivity index (χ2v) is 10.2. The van der Waals surface area contributed by atoms with Crippen LogP contribution in [-0.4, -0.2) is 70.9 Å². The summed E-state index contributed by atoms with van der Waals surface area (Å²) in [7, 11) is 2.84. The third-order valence-electron chi connectivity index (χ3n) is 8.24. The van der Waals surface area contributed by atoms with Crippen molar-refractivity contribution < 1.29 is 19.1 Å². The highest BCUT2D eigenvalue weighted by Gasteiger charge is 2.42. The van der Waals surface area contributed by atoms with E-state index >= 15 is 0 Å². The number of piperidine rings is 1. The number of aromatic nitrogens is 2. The molecule has 2 aromatic rings. The van der Waals surface area contributed by atoms with Gasteiger partial charge in [-0.2, -0.15) is 0 Å². The van der Waals surface area contributed by atoms with Crippen molar-refractivity contribution in [1.29, 1.82) is 0 Å². The van der Waals surface area contributed by atoms with Gasteiger partial charge in [-0.3, -0.25) is 4.90 Å². The lowest BCUT2D eigenvalue weighted by Crippen LogP contribution is -2.45. The number of aryl methyl sites for hydroxylation is 1. The van der Waals surface area contributed by atoms with Crippen molar-refractivity contribution in [2.75, 3.05) is 27.3 Å². The van der Waals surface area contributed by atoms with Crippen molar-refractivity contribution in [2.24, 2.45) is 0 Å². The minimum Gasteiger partial charge on any atom is -0.453 e. The average Bonchev–Trinajstić information content (AvgIpc) is 3.35. The molecule has 2 amide bonds. The zero-order valence-corrected chi connectivity index (χ0v) is 21.5. The lowest BCUT2D eigenvalue weighted by atomic mass is 9.95. The van der Waals surface area contributed by atoms with Crippen LogP contribution in [0.4, 0.5) is 9.59 Å². The number of amides is 2. The van der Waals surface area contributed by atoms with Crippen LogP contribution >= 0.6 is 0 Å². The summed E-state index contributed by atoms with van der Waals surface area (Å²) in [6.07, 6.45) is 5.65. The molecule has 1 aromatic heterocycles. The van der Waals surface area contributed by atoms with Crippen molar-refractivity contribution in [2.45, 2.75) is 76.2 Å². The van der Waals surface area contributed by atoms with Gasteiger partial charge in [0, 0.05) is 43.3 Å². The molecule has 2 fully saturated rings. The number of hydrogen-bond acceptors (Lipinski definition) is 6. The Morgan fingerprint density at radius 2 is 1.81 bits per heavy atom. The largest absolute Gasteiger partial charge is 0.453 e. The first-order chi connectivity index (χ1) is 17.5. The molecule has 1 unspecified atom stereocenters. The number of benzene rings is 1. The normalized spacial score (nSPS) is 24.2. The van der Waals surface area contributed by atoms with Crippen LogP contribution in [0.1, 0.15) is 67.0 Å². The van der Waals surface area contributed by atoms with Crippen molar-refractivity contribution in [1.82, 2.24) is 24.7 Å². The Balaban J connectivity index is 1.26. The van der Waals surface area contributed by atoms with Gasteiger partial charge in [0.25, 0.3) is 0 Å². The monoisotopic (exact) mass is 495 g/mol. The smallest absolute Gasteiger partial charge is 0.409 e. The van der Waals surface area contributed by atoms with E-state index in [4.69, 9.17) is 14.5 Å². The Bertz CT molecular complexity index is 1070. The maximum atomic E-state index is 12.0. The summed E-state index contributed by atoms with van der Waals surface area (Å²) < 4.78 is 12.3. The number of hydrogen-bond donors (Lipinski definition) is 1. The van der Waals surface area contributed by atoms with Crippen LogP contribution in [0.3, 0.4) is 0 Å². The Morgan fingerprint density at radius 1 is 1.08 bits per heavy atom. The number of rotatable bonds is 6.